The molecule has 3 aliphatic carbocycles. The van der Waals surface area contributed by atoms with Gasteiger partial charge in [-0.3, -0.25) is 19.7 Å². The highest BCUT2D eigenvalue weighted by Gasteiger charge is 2.78. The number of rotatable bonds is 11. The number of fused-ring (bicyclic) bond motifs is 5. The molecule has 1 heterocycles. The number of carbonyl (C=O) groups is 5. The fourth-order valence-electron chi connectivity index (χ4n) is 10.9. The Morgan fingerprint density at radius 3 is 2.12 bits per heavy atom. The van der Waals surface area contributed by atoms with E-state index in [0.717, 1.165) is 12.1 Å². The number of ether oxygens (including phenoxy) is 7. The van der Waals surface area contributed by atoms with E-state index in [4.69, 9.17) is 33.2 Å². The number of nitrogens with zero attached hydrogens (tertiary/aromatic N) is 1. The second-order valence-electron chi connectivity index (χ2n) is 18.0. The lowest BCUT2D eigenvalue weighted by atomic mass is 9.43. The molecule has 0 radical (unpaired) electrons. The average Bonchev–Trinajstić information content (AvgIpc) is 3.25. The molecule has 64 heavy (non-hydrogen) atoms. The first kappa shape index (κ1) is 46.0. The van der Waals surface area contributed by atoms with E-state index in [0.29, 0.717) is 16.7 Å². The maximum absolute atomic E-state index is 15.5. The van der Waals surface area contributed by atoms with Crippen LogP contribution in [-0.2, 0) is 42.8 Å². The molecule has 0 amide bonds. The SMILES string of the molecule is COC1C[C@H]2OC[C@@]2(OC(C)=O)[C@H]2[C@H](OC(=O)c3ccccc3)[C@]3(O)CC(OC(=O)[C@H](OC(=O)Oc4ccc([N+](=O)[O-])cc4)[C@@H](C)c4ccccc4)C(C)=C([C@@H](C)C(=O)C12C)C3(C)C. The van der Waals surface area contributed by atoms with Gasteiger partial charge in [0, 0.05) is 56.3 Å². The monoisotopic (exact) mass is 883 g/mol. The number of nitro groups is 1. The summed E-state index contributed by atoms with van der Waals surface area (Å²) >= 11 is 0. The van der Waals surface area contributed by atoms with Gasteiger partial charge in [0.25, 0.3) is 5.69 Å². The van der Waals surface area contributed by atoms with Crippen LogP contribution in [0.25, 0.3) is 0 Å². The Balaban J connectivity index is 1.34. The van der Waals surface area contributed by atoms with E-state index in [-0.39, 0.29) is 42.2 Å². The van der Waals surface area contributed by atoms with Crippen LogP contribution in [0.3, 0.4) is 0 Å². The zero-order valence-corrected chi connectivity index (χ0v) is 36.9. The molecule has 3 aromatic carbocycles. The third-order valence-electron chi connectivity index (χ3n) is 14.2. The van der Waals surface area contributed by atoms with Gasteiger partial charge in [0.2, 0.25) is 6.10 Å². The van der Waals surface area contributed by atoms with Crippen LogP contribution < -0.4 is 4.74 Å². The summed E-state index contributed by atoms with van der Waals surface area (Å²) in [5, 5.41) is 25.0. The Bertz CT molecular complexity index is 2350. The minimum atomic E-state index is -2.17. The average molecular weight is 884 g/mol. The largest absolute Gasteiger partial charge is 0.514 e. The normalized spacial score (nSPS) is 31.2. The van der Waals surface area contributed by atoms with Crippen molar-refractivity contribution in [2.75, 3.05) is 13.7 Å². The maximum atomic E-state index is 15.5. The van der Waals surface area contributed by atoms with Crippen molar-refractivity contribution < 1.29 is 67.2 Å². The van der Waals surface area contributed by atoms with Crippen LogP contribution in [0.1, 0.15) is 83.1 Å². The summed E-state index contributed by atoms with van der Waals surface area (Å²) in [6.45, 7) is 11.3. The zero-order chi connectivity index (χ0) is 46.5. The van der Waals surface area contributed by atoms with Crippen LogP contribution in [0, 0.1) is 32.8 Å². The van der Waals surface area contributed by atoms with Gasteiger partial charge in [-0.25, -0.2) is 14.4 Å². The molecule has 340 valence electrons. The van der Waals surface area contributed by atoms with Crippen LogP contribution in [0.2, 0.25) is 0 Å². The Hall–Kier alpha value is -5.97. The first-order valence-corrected chi connectivity index (χ1v) is 21.2. The summed E-state index contributed by atoms with van der Waals surface area (Å²) in [4.78, 5) is 81.6. The van der Waals surface area contributed by atoms with E-state index in [1.807, 2.05) is 0 Å². The molecule has 2 bridgehead atoms. The molecule has 4 aliphatic rings. The molecule has 1 N–H and O–H groups in total. The molecule has 1 aliphatic heterocycles. The molecule has 16 nitrogen and oxygen atoms in total. The second kappa shape index (κ2) is 17.2. The zero-order valence-electron chi connectivity index (χ0n) is 36.9. The molecule has 7 rings (SSSR count). The number of benzene rings is 3. The lowest BCUT2D eigenvalue weighted by molar-refractivity contribution is -0.384. The number of hydrogen-bond acceptors (Lipinski definition) is 15. The fraction of sp³-hybridized carbons (Fsp3) is 0.479. The van der Waals surface area contributed by atoms with Gasteiger partial charge in [-0.2, -0.15) is 0 Å². The second-order valence-corrected chi connectivity index (χ2v) is 18.0. The van der Waals surface area contributed by atoms with E-state index in [1.165, 1.54) is 26.2 Å². The van der Waals surface area contributed by atoms with E-state index >= 15 is 4.79 Å². The van der Waals surface area contributed by atoms with Gasteiger partial charge in [-0.1, -0.05) is 76.2 Å². The Morgan fingerprint density at radius 1 is 0.938 bits per heavy atom. The van der Waals surface area contributed by atoms with Crippen LogP contribution >= 0.6 is 0 Å². The van der Waals surface area contributed by atoms with Crippen molar-refractivity contribution in [3.05, 3.63) is 117 Å². The first-order chi connectivity index (χ1) is 30.2. The molecular weight excluding hydrogens is 831 g/mol. The molecule has 2 saturated carbocycles. The van der Waals surface area contributed by atoms with Crippen molar-refractivity contribution in [1.82, 2.24) is 0 Å². The van der Waals surface area contributed by atoms with E-state index in [9.17, 15) is 34.4 Å². The standard InChI is InChI=1S/C48H53NO15/c1-26(30-15-11-9-12-16-30)38(62-44(54)60-33-21-19-32(20-22-33)49(56)57)43(53)61-34-24-48(55)41(63-42(52)31-17-13-10-14-18-31)39-46(7,40(51)28(3)37(27(34)2)45(48,5)6)35(58-8)23-36-47(39,25-59-36)64-29(4)50/h9-22,26,28,34-36,38-39,41,55H,23-25H2,1-8H3/t26-,28+,34?,35?,36+,38+,39-,41-,46?,47-,48+/m0/s1. The summed E-state index contributed by atoms with van der Waals surface area (Å²) in [7, 11) is 1.46. The topological polar surface area (TPSA) is 213 Å². The van der Waals surface area contributed by atoms with Crippen molar-refractivity contribution in [2.24, 2.45) is 22.7 Å². The Kier molecular flexibility index (Phi) is 12.4. The summed E-state index contributed by atoms with van der Waals surface area (Å²) in [5.74, 6) is -6.00. The number of carbonyl (C=O) groups excluding carboxylic acids is 5. The van der Waals surface area contributed by atoms with Crippen molar-refractivity contribution in [1.29, 1.82) is 0 Å². The number of non-ortho nitro benzene ring substituents is 1. The molecule has 0 aromatic heterocycles. The summed E-state index contributed by atoms with van der Waals surface area (Å²) in [6, 6.07) is 21.5. The number of Topliss-reactive ketones (excluding diaryl/α,β-unsaturated/α-hetero) is 1. The number of ketones is 1. The third-order valence-corrected chi connectivity index (χ3v) is 14.2. The minimum absolute atomic E-state index is 0.0849. The van der Waals surface area contributed by atoms with Gasteiger partial charge in [0.1, 0.15) is 35.4 Å². The summed E-state index contributed by atoms with van der Waals surface area (Å²) in [5.41, 5.74) is -5.28. The predicted octanol–water partition coefficient (Wildman–Crippen LogP) is 6.86. The Morgan fingerprint density at radius 2 is 1.56 bits per heavy atom. The highest BCUT2D eigenvalue weighted by molar-refractivity contribution is 5.92. The van der Waals surface area contributed by atoms with Gasteiger partial charge in [-0.15, -0.1) is 0 Å². The van der Waals surface area contributed by atoms with Crippen LogP contribution in [0.5, 0.6) is 5.75 Å². The van der Waals surface area contributed by atoms with Gasteiger partial charge in [0.15, 0.2) is 5.60 Å². The van der Waals surface area contributed by atoms with Crippen LogP contribution in [-0.4, -0.2) is 95.3 Å². The predicted molar refractivity (Wildman–Crippen MR) is 226 cm³/mol. The smallest absolute Gasteiger partial charge is 0.455 e. The molecule has 16 heteroatoms. The fourth-order valence-corrected chi connectivity index (χ4v) is 10.9. The lowest BCUT2D eigenvalue weighted by Crippen LogP contribution is -2.81. The molecule has 0 spiro atoms. The van der Waals surface area contributed by atoms with Crippen LogP contribution in [0.15, 0.2) is 96.1 Å². The number of aliphatic hydroxyl groups is 1. The van der Waals surface area contributed by atoms with E-state index in [1.54, 1.807) is 102 Å². The number of nitro benzene ring substituents is 1. The summed E-state index contributed by atoms with van der Waals surface area (Å²) in [6.07, 6.45) is -7.75. The molecule has 3 unspecified atom stereocenters. The number of hydrogen-bond donors (Lipinski definition) is 1. The van der Waals surface area contributed by atoms with Gasteiger partial charge >= 0.3 is 24.1 Å². The van der Waals surface area contributed by atoms with E-state index < -0.39 is 99.3 Å². The Labute approximate surface area is 370 Å². The maximum Gasteiger partial charge on any atom is 0.514 e. The van der Waals surface area contributed by atoms with E-state index in [2.05, 4.69) is 0 Å². The highest BCUT2D eigenvalue weighted by Crippen LogP contribution is 2.65. The molecule has 11 atom stereocenters. The summed E-state index contributed by atoms with van der Waals surface area (Å²) < 4.78 is 42.2. The molecule has 3 aromatic rings. The first-order valence-electron chi connectivity index (χ1n) is 21.2. The van der Waals surface area contributed by atoms with Crippen molar-refractivity contribution >= 4 is 35.5 Å². The molecule has 3 fully saturated rings. The molecular formula is C48H53NO15. The van der Waals surface area contributed by atoms with Gasteiger partial charge < -0.3 is 38.3 Å². The van der Waals surface area contributed by atoms with Crippen molar-refractivity contribution in [3.8, 4) is 5.75 Å². The number of methoxy groups -OCH3 is 1. The van der Waals surface area contributed by atoms with Crippen LogP contribution in [0.4, 0.5) is 10.5 Å². The lowest BCUT2D eigenvalue weighted by Gasteiger charge is -2.68. The molecule has 1 saturated heterocycles. The third kappa shape index (κ3) is 7.64. The quantitative estimate of drug-likeness (QED) is 0.0520. The number of esters is 3. The highest BCUT2D eigenvalue weighted by atomic mass is 16.7. The van der Waals surface area contributed by atoms with Crippen molar-refractivity contribution in [3.63, 3.8) is 0 Å². The minimum Gasteiger partial charge on any atom is -0.455 e. The van der Waals surface area contributed by atoms with Crippen molar-refractivity contribution in [2.45, 2.75) is 109 Å². The van der Waals surface area contributed by atoms with Gasteiger partial charge in [0.05, 0.1) is 34.5 Å². The van der Waals surface area contributed by atoms with Gasteiger partial charge in [-0.05, 0) is 54.8 Å².